The lowest BCUT2D eigenvalue weighted by molar-refractivity contribution is 0.501. The van der Waals surface area contributed by atoms with Crippen LogP contribution in [0.3, 0.4) is 0 Å². The van der Waals surface area contributed by atoms with E-state index < -0.39 is 0 Å². The molecule has 0 saturated carbocycles. The molecule has 0 fully saturated rings. The molecule has 1 atom stereocenters. The molecule has 0 saturated heterocycles. The summed E-state index contributed by atoms with van der Waals surface area (Å²) in [5.41, 5.74) is 1.69. The van der Waals surface area contributed by atoms with Gasteiger partial charge in [-0.1, -0.05) is 39.0 Å². The molecule has 0 spiro atoms. The number of aromatic nitrogens is 2. The number of nitrogens with zero attached hydrogens (tertiary/aromatic N) is 2. The van der Waals surface area contributed by atoms with E-state index in [1.54, 1.807) is 0 Å². The second-order valence-corrected chi connectivity index (χ2v) is 5.08. The maximum Gasteiger partial charge on any atom is 0.0951 e. The van der Waals surface area contributed by atoms with E-state index in [2.05, 4.69) is 48.6 Å². The van der Waals surface area contributed by atoms with Crippen molar-refractivity contribution in [3.8, 4) is 0 Å². The second kappa shape index (κ2) is 3.69. The highest BCUT2D eigenvalue weighted by Crippen LogP contribution is 2.31. The third-order valence-corrected chi connectivity index (χ3v) is 2.85. The summed E-state index contributed by atoms with van der Waals surface area (Å²) >= 11 is 0. The summed E-state index contributed by atoms with van der Waals surface area (Å²) in [6, 6.07) is 0.443. The van der Waals surface area contributed by atoms with Gasteiger partial charge in [-0.25, -0.2) is 4.98 Å². The average Bonchev–Trinajstić information content (AvgIpc) is 2.69. The molecule has 0 radical (unpaired) electrons. The van der Waals surface area contributed by atoms with Crippen molar-refractivity contribution < 1.29 is 0 Å². The van der Waals surface area contributed by atoms with Crippen LogP contribution in [-0.2, 0) is 0 Å². The van der Waals surface area contributed by atoms with E-state index in [9.17, 15) is 0 Å². The van der Waals surface area contributed by atoms with Crippen molar-refractivity contribution >= 4 is 0 Å². The zero-order valence-corrected chi connectivity index (χ0v) is 9.64. The van der Waals surface area contributed by atoms with Crippen molar-refractivity contribution in [2.24, 2.45) is 5.41 Å². The summed E-state index contributed by atoms with van der Waals surface area (Å²) in [6.45, 7) is 6.75. The van der Waals surface area contributed by atoms with Crippen LogP contribution in [0.5, 0.6) is 0 Å². The average molecular weight is 202 g/mol. The SMILES string of the molecule is CC(C)(C)C1=CCC(n2ccnc2)C=C1. The fourth-order valence-electron chi connectivity index (χ4n) is 1.85. The summed E-state index contributed by atoms with van der Waals surface area (Å²) in [6.07, 6.45) is 13.6. The molecule has 15 heavy (non-hydrogen) atoms. The Hall–Kier alpha value is -1.31. The van der Waals surface area contributed by atoms with Crippen molar-refractivity contribution in [1.29, 1.82) is 0 Å². The fraction of sp³-hybridized carbons (Fsp3) is 0.462. The number of hydrogen-bond donors (Lipinski definition) is 0. The van der Waals surface area contributed by atoms with Crippen molar-refractivity contribution in [2.75, 3.05) is 0 Å². The zero-order chi connectivity index (χ0) is 10.9. The van der Waals surface area contributed by atoms with Gasteiger partial charge in [0.15, 0.2) is 0 Å². The summed E-state index contributed by atoms with van der Waals surface area (Å²) < 4.78 is 2.15. The molecule has 1 aliphatic carbocycles. The first-order valence-electron chi connectivity index (χ1n) is 5.43. The first-order valence-corrected chi connectivity index (χ1v) is 5.43. The lowest BCUT2D eigenvalue weighted by Crippen LogP contribution is -2.13. The van der Waals surface area contributed by atoms with Gasteiger partial charge in [-0.15, -0.1) is 0 Å². The van der Waals surface area contributed by atoms with Gasteiger partial charge in [0.05, 0.1) is 12.4 Å². The van der Waals surface area contributed by atoms with Gasteiger partial charge in [-0.05, 0) is 17.4 Å². The summed E-state index contributed by atoms with van der Waals surface area (Å²) in [5.74, 6) is 0. The molecule has 2 nitrogen and oxygen atoms in total. The molecule has 0 N–H and O–H groups in total. The highest BCUT2D eigenvalue weighted by molar-refractivity contribution is 5.29. The van der Waals surface area contributed by atoms with E-state index in [-0.39, 0.29) is 5.41 Å². The molecule has 1 aromatic rings. The van der Waals surface area contributed by atoms with Crippen LogP contribution in [0.25, 0.3) is 0 Å². The number of rotatable bonds is 1. The van der Waals surface area contributed by atoms with Gasteiger partial charge < -0.3 is 4.57 Å². The summed E-state index contributed by atoms with van der Waals surface area (Å²) in [7, 11) is 0. The smallest absolute Gasteiger partial charge is 0.0951 e. The number of allylic oxidation sites excluding steroid dienone is 4. The van der Waals surface area contributed by atoms with Crippen molar-refractivity contribution in [2.45, 2.75) is 33.2 Å². The van der Waals surface area contributed by atoms with E-state index in [1.807, 2.05) is 18.7 Å². The maximum atomic E-state index is 4.07. The Bertz CT molecular complexity index is 377. The number of hydrogen-bond acceptors (Lipinski definition) is 1. The third kappa shape index (κ3) is 2.20. The highest BCUT2D eigenvalue weighted by Gasteiger charge is 2.18. The maximum absolute atomic E-state index is 4.07. The van der Waals surface area contributed by atoms with Crippen LogP contribution in [0.4, 0.5) is 0 Å². The lowest BCUT2D eigenvalue weighted by atomic mass is 9.83. The number of imidazole rings is 1. The minimum absolute atomic E-state index is 0.260. The van der Waals surface area contributed by atoms with Crippen LogP contribution in [0, 0.1) is 5.41 Å². The Kier molecular flexibility index (Phi) is 2.51. The Balaban J connectivity index is 2.11. The minimum Gasteiger partial charge on any atom is -0.330 e. The van der Waals surface area contributed by atoms with Gasteiger partial charge in [-0.2, -0.15) is 0 Å². The molecule has 1 unspecified atom stereocenters. The Morgan fingerprint density at radius 3 is 2.67 bits per heavy atom. The van der Waals surface area contributed by atoms with Gasteiger partial charge in [0.1, 0.15) is 0 Å². The van der Waals surface area contributed by atoms with Crippen molar-refractivity contribution in [1.82, 2.24) is 9.55 Å². The van der Waals surface area contributed by atoms with Crippen LogP contribution < -0.4 is 0 Å². The predicted molar refractivity (Wildman–Crippen MR) is 62.6 cm³/mol. The Labute approximate surface area is 91.3 Å². The topological polar surface area (TPSA) is 17.8 Å². The fourth-order valence-corrected chi connectivity index (χ4v) is 1.85. The molecule has 1 heterocycles. The standard InChI is InChI=1S/C13H18N2/c1-13(2,3)11-4-6-12(7-5-11)15-9-8-14-10-15/h4-6,8-10,12H,7H2,1-3H3. The van der Waals surface area contributed by atoms with E-state index in [1.165, 1.54) is 5.57 Å². The van der Waals surface area contributed by atoms with Gasteiger partial charge in [-0.3, -0.25) is 0 Å². The van der Waals surface area contributed by atoms with E-state index in [0.29, 0.717) is 6.04 Å². The van der Waals surface area contributed by atoms with Crippen molar-refractivity contribution in [3.63, 3.8) is 0 Å². The van der Waals surface area contributed by atoms with Crippen molar-refractivity contribution in [3.05, 3.63) is 42.5 Å². The van der Waals surface area contributed by atoms with E-state index in [0.717, 1.165) is 6.42 Å². The normalized spacial score (nSPS) is 21.5. The summed E-state index contributed by atoms with van der Waals surface area (Å²) in [5, 5.41) is 0. The van der Waals surface area contributed by atoms with E-state index >= 15 is 0 Å². The zero-order valence-electron chi connectivity index (χ0n) is 9.64. The molecule has 1 aliphatic rings. The quantitative estimate of drug-likeness (QED) is 0.682. The third-order valence-electron chi connectivity index (χ3n) is 2.85. The molecule has 2 heteroatoms. The first kappa shape index (κ1) is 10.2. The molecule has 2 rings (SSSR count). The molecule has 0 aliphatic heterocycles. The largest absolute Gasteiger partial charge is 0.330 e. The van der Waals surface area contributed by atoms with Crippen LogP contribution in [-0.4, -0.2) is 9.55 Å². The first-order chi connectivity index (χ1) is 7.07. The van der Waals surface area contributed by atoms with E-state index in [4.69, 9.17) is 0 Å². The highest BCUT2D eigenvalue weighted by atomic mass is 15.0. The van der Waals surface area contributed by atoms with Gasteiger partial charge in [0.25, 0.3) is 0 Å². The monoisotopic (exact) mass is 202 g/mol. The predicted octanol–water partition coefficient (Wildman–Crippen LogP) is 3.36. The Morgan fingerprint density at radius 2 is 2.20 bits per heavy atom. The summed E-state index contributed by atoms with van der Waals surface area (Å²) in [4.78, 5) is 4.07. The van der Waals surface area contributed by atoms with Crippen LogP contribution >= 0.6 is 0 Å². The van der Waals surface area contributed by atoms with Gasteiger partial charge in [0.2, 0.25) is 0 Å². The van der Waals surface area contributed by atoms with Crippen LogP contribution in [0.2, 0.25) is 0 Å². The molecular weight excluding hydrogens is 184 g/mol. The van der Waals surface area contributed by atoms with Crippen LogP contribution in [0.1, 0.15) is 33.2 Å². The lowest BCUT2D eigenvalue weighted by Gasteiger charge is -2.25. The van der Waals surface area contributed by atoms with Gasteiger partial charge >= 0.3 is 0 Å². The molecule has 0 amide bonds. The van der Waals surface area contributed by atoms with Gasteiger partial charge in [0, 0.05) is 12.4 Å². The molecular formula is C13H18N2. The molecule has 80 valence electrons. The minimum atomic E-state index is 0.260. The second-order valence-electron chi connectivity index (χ2n) is 5.08. The molecule has 1 aromatic heterocycles. The molecule has 0 aromatic carbocycles. The van der Waals surface area contributed by atoms with Crippen LogP contribution in [0.15, 0.2) is 42.5 Å². The molecule has 0 bridgehead atoms. The Morgan fingerprint density at radius 1 is 1.40 bits per heavy atom.